The highest BCUT2D eigenvalue weighted by Crippen LogP contribution is 2.35. The molecule has 1 aromatic heterocycles. The molecule has 2 aromatic rings. The lowest BCUT2D eigenvalue weighted by Gasteiger charge is -2.36. The van der Waals surface area contributed by atoms with Crippen LogP contribution in [0.2, 0.25) is 0 Å². The summed E-state index contributed by atoms with van der Waals surface area (Å²) in [7, 11) is 0. The van der Waals surface area contributed by atoms with E-state index in [1.165, 1.54) is 12.1 Å². The third-order valence-corrected chi connectivity index (χ3v) is 4.38. The van der Waals surface area contributed by atoms with E-state index in [4.69, 9.17) is 10.5 Å². The molecule has 1 aliphatic rings. The number of guanidine groups is 1. The maximum Gasteiger partial charge on any atom is 0.194 e. The Labute approximate surface area is 163 Å². The molecule has 25 heavy (non-hydrogen) atoms. The summed E-state index contributed by atoms with van der Waals surface area (Å²) in [5.41, 5.74) is 6.88. The Morgan fingerprint density at radius 2 is 1.92 bits per heavy atom. The second-order valence-corrected chi connectivity index (χ2v) is 5.94. The quantitative estimate of drug-likeness (QED) is 0.421. The smallest absolute Gasteiger partial charge is 0.194 e. The largest absolute Gasteiger partial charge is 0.381 e. The number of nitrogens with zero attached hydrogens (tertiary/aromatic N) is 2. The maximum atomic E-state index is 13.2. The van der Waals surface area contributed by atoms with Gasteiger partial charge in [-0.15, -0.1) is 24.0 Å². The molecule has 0 bridgehead atoms. The molecule has 1 saturated heterocycles. The highest BCUT2D eigenvalue weighted by atomic mass is 127. The minimum absolute atomic E-state index is 0. The van der Waals surface area contributed by atoms with Crippen LogP contribution in [0, 0.1) is 5.82 Å². The number of nitrogens with two attached hydrogens (primary N) is 1. The van der Waals surface area contributed by atoms with E-state index < -0.39 is 0 Å². The topological polar surface area (TPSA) is 72.5 Å². The van der Waals surface area contributed by atoms with Crippen LogP contribution in [0.1, 0.15) is 18.4 Å². The summed E-state index contributed by atoms with van der Waals surface area (Å²) < 4.78 is 18.7. The van der Waals surface area contributed by atoms with E-state index in [1.807, 2.05) is 30.3 Å². The summed E-state index contributed by atoms with van der Waals surface area (Å²) in [5, 5.41) is 2.98. The van der Waals surface area contributed by atoms with Crippen molar-refractivity contribution >= 4 is 35.8 Å². The van der Waals surface area contributed by atoms with Crippen molar-refractivity contribution in [1.82, 2.24) is 4.98 Å². The minimum Gasteiger partial charge on any atom is -0.381 e. The van der Waals surface area contributed by atoms with E-state index >= 15 is 0 Å². The first-order valence-corrected chi connectivity index (χ1v) is 8.00. The van der Waals surface area contributed by atoms with Crippen molar-refractivity contribution in [1.29, 1.82) is 0 Å². The molecule has 7 heteroatoms. The van der Waals surface area contributed by atoms with Crippen LogP contribution in [-0.2, 0) is 10.2 Å². The number of aliphatic imine (C=N–C) groups is 1. The highest BCUT2D eigenvalue weighted by molar-refractivity contribution is 14.0. The van der Waals surface area contributed by atoms with Gasteiger partial charge in [-0.05, 0) is 42.7 Å². The lowest BCUT2D eigenvalue weighted by atomic mass is 9.74. The summed E-state index contributed by atoms with van der Waals surface area (Å²) in [5.74, 6) is 0.740. The lowest BCUT2D eigenvalue weighted by Crippen LogP contribution is -2.38. The van der Waals surface area contributed by atoms with Gasteiger partial charge in [0.2, 0.25) is 0 Å². The number of hydrogen-bond donors (Lipinski definition) is 2. The Kier molecular flexibility index (Phi) is 7.12. The zero-order valence-corrected chi connectivity index (χ0v) is 16.2. The number of ether oxygens (including phenoxy) is 1. The lowest BCUT2D eigenvalue weighted by molar-refractivity contribution is 0.0531. The number of halogens is 2. The molecule has 3 N–H and O–H groups in total. The van der Waals surface area contributed by atoms with Gasteiger partial charge in [-0.2, -0.15) is 0 Å². The number of rotatable bonds is 4. The van der Waals surface area contributed by atoms with Gasteiger partial charge < -0.3 is 15.8 Å². The van der Waals surface area contributed by atoms with Crippen LogP contribution < -0.4 is 11.1 Å². The molecule has 0 spiro atoms. The molecule has 3 rings (SSSR count). The SMILES string of the molecule is I.NC(=NCC1(c2ccc(F)cc2)CCOCC1)Nc1ccccn1. The van der Waals surface area contributed by atoms with Crippen LogP contribution >= 0.6 is 24.0 Å². The van der Waals surface area contributed by atoms with Gasteiger partial charge in [0, 0.05) is 24.8 Å². The van der Waals surface area contributed by atoms with Crippen molar-refractivity contribution in [3.63, 3.8) is 0 Å². The molecular formula is C18H22FIN4O. The van der Waals surface area contributed by atoms with Gasteiger partial charge in [0.1, 0.15) is 11.6 Å². The molecule has 0 atom stereocenters. The van der Waals surface area contributed by atoms with Crippen LogP contribution in [0.15, 0.2) is 53.7 Å². The average molecular weight is 456 g/mol. The molecule has 0 amide bonds. The molecule has 1 aromatic carbocycles. The summed E-state index contributed by atoms with van der Waals surface area (Å²) in [6.07, 6.45) is 3.35. The Morgan fingerprint density at radius 1 is 1.20 bits per heavy atom. The number of hydrogen-bond acceptors (Lipinski definition) is 3. The molecule has 0 unspecified atom stereocenters. The first-order valence-electron chi connectivity index (χ1n) is 8.00. The molecule has 0 radical (unpaired) electrons. The normalized spacial score (nSPS) is 16.8. The first-order chi connectivity index (χ1) is 11.7. The van der Waals surface area contributed by atoms with Gasteiger partial charge in [0.15, 0.2) is 5.96 Å². The Morgan fingerprint density at radius 3 is 2.56 bits per heavy atom. The predicted molar refractivity (Wildman–Crippen MR) is 108 cm³/mol. The van der Waals surface area contributed by atoms with E-state index in [0.717, 1.165) is 18.4 Å². The summed E-state index contributed by atoms with van der Waals surface area (Å²) in [6, 6.07) is 12.2. The third kappa shape index (κ3) is 5.12. The van der Waals surface area contributed by atoms with Crippen molar-refractivity contribution in [2.45, 2.75) is 18.3 Å². The number of anilines is 1. The van der Waals surface area contributed by atoms with E-state index in [0.29, 0.717) is 31.5 Å². The number of pyridine rings is 1. The molecule has 1 fully saturated rings. The van der Waals surface area contributed by atoms with Crippen LogP contribution in [0.4, 0.5) is 10.2 Å². The summed E-state index contributed by atoms with van der Waals surface area (Å²) >= 11 is 0. The summed E-state index contributed by atoms with van der Waals surface area (Å²) in [4.78, 5) is 8.67. The second kappa shape index (κ2) is 9.10. The van der Waals surface area contributed by atoms with Gasteiger partial charge in [-0.1, -0.05) is 18.2 Å². The van der Waals surface area contributed by atoms with E-state index in [2.05, 4.69) is 15.3 Å². The van der Waals surface area contributed by atoms with Crippen molar-refractivity contribution in [3.8, 4) is 0 Å². The molecule has 0 saturated carbocycles. The zero-order chi connectivity index (χ0) is 16.8. The zero-order valence-electron chi connectivity index (χ0n) is 13.8. The van der Waals surface area contributed by atoms with Gasteiger partial charge >= 0.3 is 0 Å². The van der Waals surface area contributed by atoms with Crippen LogP contribution in [0.5, 0.6) is 0 Å². The Bertz CT molecular complexity index is 688. The van der Waals surface area contributed by atoms with Crippen molar-refractivity contribution in [3.05, 3.63) is 60.0 Å². The first kappa shape index (κ1) is 19.6. The van der Waals surface area contributed by atoms with Gasteiger partial charge in [-0.3, -0.25) is 4.99 Å². The van der Waals surface area contributed by atoms with E-state index in [1.54, 1.807) is 6.20 Å². The Balaban J connectivity index is 0.00000225. The van der Waals surface area contributed by atoms with Crippen molar-refractivity contribution < 1.29 is 9.13 Å². The van der Waals surface area contributed by atoms with Gasteiger partial charge in [0.05, 0.1) is 6.54 Å². The fourth-order valence-electron chi connectivity index (χ4n) is 2.95. The molecule has 1 aliphatic heterocycles. The molecule has 2 heterocycles. The Hall–Kier alpha value is -1.74. The predicted octanol–water partition coefficient (Wildman–Crippen LogP) is 3.31. The van der Waals surface area contributed by atoms with E-state index in [-0.39, 0.29) is 35.2 Å². The molecular weight excluding hydrogens is 434 g/mol. The average Bonchev–Trinajstić information content (AvgIpc) is 2.62. The number of aromatic nitrogens is 1. The van der Waals surface area contributed by atoms with Gasteiger partial charge in [0.25, 0.3) is 0 Å². The minimum atomic E-state index is -0.235. The maximum absolute atomic E-state index is 13.2. The number of nitrogens with one attached hydrogen (secondary N) is 1. The summed E-state index contributed by atoms with van der Waals surface area (Å²) in [6.45, 7) is 1.86. The van der Waals surface area contributed by atoms with Crippen LogP contribution in [0.3, 0.4) is 0 Å². The second-order valence-electron chi connectivity index (χ2n) is 5.94. The number of benzene rings is 1. The fourth-order valence-corrected chi connectivity index (χ4v) is 2.95. The van der Waals surface area contributed by atoms with Crippen LogP contribution in [0.25, 0.3) is 0 Å². The standard InChI is InChI=1S/C18H21FN4O.HI/c19-15-6-4-14(5-7-15)18(8-11-24-12-9-18)13-22-17(20)23-16-3-1-2-10-21-16;/h1-7,10H,8-9,11-13H2,(H3,20,21,22,23);1H. The highest BCUT2D eigenvalue weighted by Gasteiger charge is 2.34. The molecule has 0 aliphatic carbocycles. The molecule has 5 nitrogen and oxygen atoms in total. The van der Waals surface area contributed by atoms with Gasteiger partial charge in [-0.25, -0.2) is 9.37 Å². The van der Waals surface area contributed by atoms with Crippen molar-refractivity contribution in [2.75, 3.05) is 25.1 Å². The molecule has 134 valence electrons. The fraction of sp³-hybridized carbons (Fsp3) is 0.333. The third-order valence-electron chi connectivity index (χ3n) is 4.38. The van der Waals surface area contributed by atoms with E-state index in [9.17, 15) is 4.39 Å². The monoisotopic (exact) mass is 456 g/mol. The van der Waals surface area contributed by atoms with Crippen molar-refractivity contribution in [2.24, 2.45) is 10.7 Å². The van der Waals surface area contributed by atoms with Crippen LogP contribution in [-0.4, -0.2) is 30.7 Å².